The third kappa shape index (κ3) is 6.89. The average molecular weight is 657 g/mol. The summed E-state index contributed by atoms with van der Waals surface area (Å²) in [5.41, 5.74) is 0.987. The van der Waals surface area contributed by atoms with Crippen molar-refractivity contribution in [2.24, 2.45) is 0 Å². The van der Waals surface area contributed by atoms with Gasteiger partial charge in [-0.2, -0.15) is 4.31 Å². The SMILES string of the molecule is C[C@H](Sc1nnc(-c2ccc(Cl)cc2Cl)n1C1CCCCC1)C(=O)Nc1cc(S(=O)(=O)N2CCCCC2)ccc1Cl. The molecule has 5 rings (SSSR count). The number of carbonyl (C=O) groups excluding carboxylic acids is 1. The standard InChI is InChI=1S/C28H32Cl3N5O3S2/c1-18(27(37)32-25-17-21(11-13-23(25)30)41(38,39)35-14-6-3-7-15-35)40-28-34-33-26(22-12-10-19(29)16-24(22)31)36(28)20-8-4-2-5-9-20/h10-13,16-18,20H,2-9,14-15H2,1H3,(H,32,37)/t18-/m0/s1. The predicted molar refractivity (Wildman–Crippen MR) is 166 cm³/mol. The minimum absolute atomic E-state index is 0.112. The molecule has 1 N–H and O–H groups in total. The van der Waals surface area contributed by atoms with Gasteiger partial charge in [0.15, 0.2) is 11.0 Å². The maximum atomic E-state index is 13.3. The summed E-state index contributed by atoms with van der Waals surface area (Å²) in [6, 6.07) is 9.91. The van der Waals surface area contributed by atoms with Crippen LogP contribution in [0.15, 0.2) is 46.5 Å². The zero-order valence-corrected chi connectivity index (χ0v) is 26.6. The Bertz CT molecular complexity index is 1520. The van der Waals surface area contributed by atoms with Crippen LogP contribution in [0.1, 0.15) is 64.3 Å². The smallest absolute Gasteiger partial charge is 0.243 e. The Balaban J connectivity index is 1.37. The molecule has 2 aliphatic rings. The molecule has 8 nitrogen and oxygen atoms in total. The van der Waals surface area contributed by atoms with Crippen molar-refractivity contribution in [2.75, 3.05) is 18.4 Å². The Hall–Kier alpha value is -1.82. The van der Waals surface area contributed by atoms with Gasteiger partial charge in [-0.3, -0.25) is 9.36 Å². The molecule has 1 saturated heterocycles. The Labute approximate surface area is 260 Å². The number of sulfonamides is 1. The number of aromatic nitrogens is 3. The molecule has 1 atom stereocenters. The summed E-state index contributed by atoms with van der Waals surface area (Å²) in [6.45, 7) is 2.76. The highest BCUT2D eigenvalue weighted by molar-refractivity contribution is 8.00. The first kappa shape index (κ1) is 30.6. The number of nitrogens with zero attached hydrogens (tertiary/aromatic N) is 4. The third-order valence-corrected chi connectivity index (χ3v) is 11.4. The second kappa shape index (κ2) is 13.2. The van der Waals surface area contributed by atoms with E-state index >= 15 is 0 Å². The van der Waals surface area contributed by atoms with Crippen molar-refractivity contribution in [3.05, 3.63) is 51.5 Å². The zero-order chi connectivity index (χ0) is 29.1. The van der Waals surface area contributed by atoms with Crippen LogP contribution in [-0.4, -0.2) is 51.7 Å². The van der Waals surface area contributed by atoms with Crippen molar-refractivity contribution < 1.29 is 13.2 Å². The Morgan fingerprint density at radius 3 is 2.37 bits per heavy atom. The molecule has 1 aliphatic carbocycles. The van der Waals surface area contributed by atoms with E-state index in [1.807, 2.05) is 6.07 Å². The lowest BCUT2D eigenvalue weighted by atomic mass is 9.95. The van der Waals surface area contributed by atoms with Gasteiger partial charge in [-0.05, 0) is 69.0 Å². The van der Waals surface area contributed by atoms with Crippen molar-refractivity contribution in [1.82, 2.24) is 19.1 Å². The number of carbonyl (C=O) groups is 1. The molecule has 0 bridgehead atoms. The van der Waals surface area contributed by atoms with Gasteiger partial charge in [0.2, 0.25) is 15.9 Å². The molecule has 1 aromatic heterocycles. The van der Waals surface area contributed by atoms with Crippen LogP contribution in [0.25, 0.3) is 11.4 Å². The molecule has 2 fully saturated rings. The van der Waals surface area contributed by atoms with Crippen LogP contribution < -0.4 is 5.32 Å². The highest BCUT2D eigenvalue weighted by atomic mass is 35.5. The second-order valence-electron chi connectivity index (χ2n) is 10.4. The lowest BCUT2D eigenvalue weighted by Gasteiger charge is -2.26. The summed E-state index contributed by atoms with van der Waals surface area (Å²) >= 11 is 20.4. The van der Waals surface area contributed by atoms with Gasteiger partial charge in [0.1, 0.15) is 0 Å². The van der Waals surface area contributed by atoms with Crippen LogP contribution in [-0.2, 0) is 14.8 Å². The highest BCUT2D eigenvalue weighted by Crippen LogP contribution is 2.39. The fraction of sp³-hybridized carbons (Fsp3) is 0.464. The van der Waals surface area contributed by atoms with Gasteiger partial charge in [-0.15, -0.1) is 10.2 Å². The molecule has 0 spiro atoms. The van der Waals surface area contributed by atoms with Crippen LogP contribution in [0.2, 0.25) is 15.1 Å². The number of rotatable bonds is 8. The van der Waals surface area contributed by atoms with E-state index in [4.69, 9.17) is 34.8 Å². The van der Waals surface area contributed by atoms with Crippen molar-refractivity contribution >= 4 is 68.2 Å². The van der Waals surface area contributed by atoms with Crippen LogP contribution in [0.5, 0.6) is 0 Å². The average Bonchev–Trinajstić information content (AvgIpc) is 3.38. The van der Waals surface area contributed by atoms with Crippen LogP contribution >= 0.6 is 46.6 Å². The van der Waals surface area contributed by atoms with Crippen molar-refractivity contribution in [1.29, 1.82) is 0 Å². The molecule has 220 valence electrons. The molecule has 1 saturated carbocycles. The van der Waals surface area contributed by atoms with E-state index in [2.05, 4.69) is 20.1 Å². The summed E-state index contributed by atoms with van der Waals surface area (Å²) in [6.07, 6.45) is 8.05. The molecular weight excluding hydrogens is 625 g/mol. The third-order valence-electron chi connectivity index (χ3n) is 7.58. The first-order valence-electron chi connectivity index (χ1n) is 13.8. The number of thioether (sulfide) groups is 1. The molecular formula is C28H32Cl3N5O3S2. The van der Waals surface area contributed by atoms with Crippen molar-refractivity contribution in [3.63, 3.8) is 0 Å². The number of halogens is 3. The summed E-state index contributed by atoms with van der Waals surface area (Å²) in [5.74, 6) is 0.320. The number of amides is 1. The molecule has 2 aromatic carbocycles. The van der Waals surface area contributed by atoms with E-state index in [1.54, 1.807) is 19.1 Å². The van der Waals surface area contributed by atoms with Gasteiger partial charge in [-0.1, -0.05) is 72.2 Å². The summed E-state index contributed by atoms with van der Waals surface area (Å²) in [5, 5.41) is 13.1. The van der Waals surface area contributed by atoms with Gasteiger partial charge in [-0.25, -0.2) is 8.42 Å². The van der Waals surface area contributed by atoms with Crippen molar-refractivity contribution in [2.45, 2.75) is 79.6 Å². The number of piperidine rings is 1. The Morgan fingerprint density at radius 1 is 0.951 bits per heavy atom. The highest BCUT2D eigenvalue weighted by Gasteiger charge is 2.29. The minimum Gasteiger partial charge on any atom is -0.324 e. The predicted octanol–water partition coefficient (Wildman–Crippen LogP) is 7.70. The summed E-state index contributed by atoms with van der Waals surface area (Å²) in [4.78, 5) is 13.5. The topological polar surface area (TPSA) is 97.2 Å². The van der Waals surface area contributed by atoms with E-state index in [0.717, 1.165) is 50.5 Å². The Morgan fingerprint density at radius 2 is 1.66 bits per heavy atom. The van der Waals surface area contributed by atoms with Gasteiger partial charge in [0, 0.05) is 29.7 Å². The monoisotopic (exact) mass is 655 g/mol. The molecule has 2 heterocycles. The molecule has 41 heavy (non-hydrogen) atoms. The maximum Gasteiger partial charge on any atom is 0.243 e. The van der Waals surface area contributed by atoms with E-state index in [0.29, 0.717) is 34.1 Å². The van der Waals surface area contributed by atoms with Gasteiger partial charge in [0.25, 0.3) is 0 Å². The van der Waals surface area contributed by atoms with E-state index in [9.17, 15) is 13.2 Å². The fourth-order valence-electron chi connectivity index (χ4n) is 5.34. The van der Waals surface area contributed by atoms with Gasteiger partial charge < -0.3 is 5.32 Å². The lowest BCUT2D eigenvalue weighted by Crippen LogP contribution is -2.35. The Kier molecular flexibility index (Phi) is 9.88. The lowest BCUT2D eigenvalue weighted by molar-refractivity contribution is -0.115. The first-order chi connectivity index (χ1) is 19.6. The van der Waals surface area contributed by atoms with Gasteiger partial charge in [0.05, 0.1) is 25.9 Å². The van der Waals surface area contributed by atoms with E-state index < -0.39 is 15.3 Å². The molecule has 1 amide bonds. The van der Waals surface area contributed by atoms with Crippen molar-refractivity contribution in [3.8, 4) is 11.4 Å². The zero-order valence-electron chi connectivity index (χ0n) is 22.7. The first-order valence-corrected chi connectivity index (χ1v) is 17.3. The van der Waals surface area contributed by atoms with Gasteiger partial charge >= 0.3 is 0 Å². The second-order valence-corrected chi connectivity index (χ2v) is 14.9. The number of nitrogens with one attached hydrogen (secondary N) is 1. The largest absolute Gasteiger partial charge is 0.324 e. The molecule has 0 unspecified atom stereocenters. The van der Waals surface area contributed by atoms with Crippen LogP contribution in [0, 0.1) is 0 Å². The fourth-order valence-corrected chi connectivity index (χ4v) is 8.46. The molecule has 0 radical (unpaired) electrons. The quantitative estimate of drug-likeness (QED) is 0.250. The summed E-state index contributed by atoms with van der Waals surface area (Å²) < 4.78 is 30.0. The molecule has 1 aliphatic heterocycles. The van der Waals surface area contributed by atoms with E-state index in [1.165, 1.54) is 40.7 Å². The summed E-state index contributed by atoms with van der Waals surface area (Å²) in [7, 11) is -3.68. The van der Waals surface area contributed by atoms with Crippen LogP contribution in [0.3, 0.4) is 0 Å². The van der Waals surface area contributed by atoms with Crippen LogP contribution in [0.4, 0.5) is 5.69 Å². The normalized spacial score (nSPS) is 17.9. The van der Waals surface area contributed by atoms with E-state index in [-0.39, 0.29) is 27.6 Å². The number of hydrogen-bond donors (Lipinski definition) is 1. The number of hydrogen-bond acceptors (Lipinski definition) is 6. The number of benzene rings is 2. The molecule has 13 heteroatoms. The molecule has 3 aromatic rings. The number of anilines is 1. The minimum atomic E-state index is -3.68. The maximum absolute atomic E-state index is 13.3.